The van der Waals surface area contributed by atoms with Gasteiger partial charge < -0.3 is 15.5 Å². The maximum atomic E-state index is 10.0. The van der Waals surface area contributed by atoms with Crippen LogP contribution in [0.2, 0.25) is 0 Å². The van der Waals surface area contributed by atoms with Gasteiger partial charge in [-0.1, -0.05) is 13.0 Å². The molecular weight excluding hydrogens is 214 g/mol. The molecule has 0 saturated heterocycles. The second-order valence-electron chi connectivity index (χ2n) is 5.17. The zero-order chi connectivity index (χ0) is 12.6. The summed E-state index contributed by atoms with van der Waals surface area (Å²) in [7, 11) is 0. The summed E-state index contributed by atoms with van der Waals surface area (Å²) >= 11 is 0. The summed E-state index contributed by atoms with van der Waals surface area (Å²) in [6, 6.07) is 3.95. The number of aliphatic hydroxyl groups is 1. The van der Waals surface area contributed by atoms with Crippen molar-refractivity contribution in [2.75, 3.05) is 6.61 Å². The third-order valence-electron chi connectivity index (χ3n) is 3.67. The molecule has 0 fully saturated rings. The molecule has 94 valence electrons. The molecule has 17 heavy (non-hydrogen) atoms. The minimum absolute atomic E-state index is 0.0538. The minimum Gasteiger partial charge on any atom is -0.508 e. The maximum Gasteiger partial charge on any atom is 0.120 e. The molecule has 0 heterocycles. The lowest BCUT2D eigenvalue weighted by Crippen LogP contribution is -2.32. The van der Waals surface area contributed by atoms with Gasteiger partial charge in [0.15, 0.2) is 0 Å². The number of nitrogens with one attached hydrogen (secondary N) is 1. The molecule has 1 aromatic rings. The summed E-state index contributed by atoms with van der Waals surface area (Å²) in [6.07, 6.45) is 0.984. The van der Waals surface area contributed by atoms with Gasteiger partial charge in [-0.2, -0.15) is 0 Å². The molecule has 1 aliphatic rings. The van der Waals surface area contributed by atoms with Crippen molar-refractivity contribution in [2.24, 2.45) is 0 Å². The van der Waals surface area contributed by atoms with E-state index in [1.807, 2.05) is 13.0 Å². The van der Waals surface area contributed by atoms with Crippen molar-refractivity contribution < 1.29 is 10.2 Å². The first kappa shape index (κ1) is 12.4. The first-order chi connectivity index (χ1) is 8.04. The van der Waals surface area contributed by atoms with Gasteiger partial charge in [0, 0.05) is 17.6 Å². The molecule has 3 nitrogen and oxygen atoms in total. The predicted octanol–water partition coefficient (Wildman–Crippen LogP) is 2.22. The van der Waals surface area contributed by atoms with E-state index in [4.69, 9.17) is 5.11 Å². The highest BCUT2D eigenvalue weighted by molar-refractivity contribution is 5.50. The molecule has 2 rings (SSSR count). The minimum atomic E-state index is 0.0538. The molecule has 2 unspecified atom stereocenters. The van der Waals surface area contributed by atoms with Crippen molar-refractivity contribution >= 4 is 0 Å². The van der Waals surface area contributed by atoms with E-state index in [0.717, 1.165) is 12.0 Å². The summed E-state index contributed by atoms with van der Waals surface area (Å²) in [4.78, 5) is 0. The fourth-order valence-electron chi connectivity index (χ4n) is 2.89. The van der Waals surface area contributed by atoms with Crippen LogP contribution in [-0.4, -0.2) is 22.9 Å². The summed E-state index contributed by atoms with van der Waals surface area (Å²) in [5, 5.41) is 22.5. The number of hydrogen-bond acceptors (Lipinski definition) is 3. The number of phenolic OH excluding ortho intramolecular Hbond substituents is 1. The zero-order valence-corrected chi connectivity index (χ0v) is 10.7. The van der Waals surface area contributed by atoms with E-state index in [1.165, 1.54) is 11.1 Å². The number of benzene rings is 1. The van der Waals surface area contributed by atoms with Crippen LogP contribution in [0.3, 0.4) is 0 Å². The van der Waals surface area contributed by atoms with Crippen molar-refractivity contribution in [3.63, 3.8) is 0 Å². The van der Waals surface area contributed by atoms with Gasteiger partial charge in [-0.05, 0) is 43.4 Å². The molecule has 3 N–H and O–H groups in total. The number of fused-ring (bicyclic) bond motifs is 1. The predicted molar refractivity (Wildman–Crippen MR) is 68.3 cm³/mol. The highest BCUT2D eigenvalue weighted by atomic mass is 16.3. The van der Waals surface area contributed by atoms with E-state index in [-0.39, 0.29) is 18.7 Å². The fraction of sp³-hybridized carbons (Fsp3) is 0.571. The monoisotopic (exact) mass is 235 g/mol. The average molecular weight is 235 g/mol. The summed E-state index contributed by atoms with van der Waals surface area (Å²) in [5.41, 5.74) is 3.54. The topological polar surface area (TPSA) is 52.5 Å². The van der Waals surface area contributed by atoms with Crippen molar-refractivity contribution in [1.29, 1.82) is 0 Å². The van der Waals surface area contributed by atoms with E-state index < -0.39 is 0 Å². The number of aromatic hydroxyl groups is 1. The van der Waals surface area contributed by atoms with Crippen LogP contribution in [0.4, 0.5) is 0 Å². The van der Waals surface area contributed by atoms with E-state index in [1.54, 1.807) is 6.07 Å². The smallest absolute Gasteiger partial charge is 0.120 e. The largest absolute Gasteiger partial charge is 0.508 e. The summed E-state index contributed by atoms with van der Waals surface area (Å²) in [6.45, 7) is 6.35. The normalized spacial score (nSPS) is 24.7. The van der Waals surface area contributed by atoms with Gasteiger partial charge in [0.2, 0.25) is 0 Å². The quantitative estimate of drug-likeness (QED) is 0.753. The highest BCUT2D eigenvalue weighted by Gasteiger charge is 2.32. The molecule has 0 aromatic heterocycles. The molecule has 3 heteroatoms. The molecule has 1 aromatic carbocycles. The van der Waals surface area contributed by atoms with Crippen LogP contribution in [0, 0.1) is 6.92 Å². The summed E-state index contributed by atoms with van der Waals surface area (Å²) in [5.74, 6) is 0.832. The second kappa shape index (κ2) is 4.67. The molecule has 0 saturated carbocycles. The Morgan fingerprint density at radius 1 is 1.41 bits per heavy atom. The van der Waals surface area contributed by atoms with E-state index in [9.17, 15) is 5.11 Å². The number of aliphatic hydroxyl groups excluding tert-OH is 1. The standard InChI is InChI=1S/C14H21NO2/c1-8-4-5-12(17)14-11(15-10(3)7-16)6-9(2)13(8)14/h4-5,9-11,15-17H,6-7H2,1-3H3/t9?,10-,11?/m1/s1. The molecule has 3 atom stereocenters. The lowest BCUT2D eigenvalue weighted by molar-refractivity contribution is 0.239. The van der Waals surface area contributed by atoms with Gasteiger partial charge in [-0.15, -0.1) is 0 Å². The SMILES string of the molecule is Cc1ccc(O)c2c1C(C)CC2N[C@H](C)CO. The van der Waals surface area contributed by atoms with Crippen LogP contribution in [0.5, 0.6) is 5.75 Å². The average Bonchev–Trinajstić information content (AvgIpc) is 2.62. The third kappa shape index (κ3) is 2.17. The lowest BCUT2D eigenvalue weighted by Gasteiger charge is -2.19. The molecule has 0 bridgehead atoms. The van der Waals surface area contributed by atoms with Crippen LogP contribution in [0.1, 0.15) is 48.9 Å². The fourth-order valence-corrected chi connectivity index (χ4v) is 2.89. The summed E-state index contributed by atoms with van der Waals surface area (Å²) < 4.78 is 0. The number of aryl methyl sites for hydroxylation is 1. The first-order valence-corrected chi connectivity index (χ1v) is 6.23. The zero-order valence-electron chi connectivity index (χ0n) is 10.7. The Kier molecular flexibility index (Phi) is 3.40. The lowest BCUT2D eigenvalue weighted by atomic mass is 9.97. The maximum absolute atomic E-state index is 10.0. The van der Waals surface area contributed by atoms with Crippen LogP contribution < -0.4 is 5.32 Å². The molecule has 0 aliphatic heterocycles. The molecular formula is C14H21NO2. The van der Waals surface area contributed by atoms with E-state index in [0.29, 0.717) is 11.7 Å². The number of phenols is 1. The Morgan fingerprint density at radius 2 is 2.12 bits per heavy atom. The van der Waals surface area contributed by atoms with Gasteiger partial charge in [0.05, 0.1) is 6.61 Å². The third-order valence-corrected chi connectivity index (χ3v) is 3.67. The van der Waals surface area contributed by atoms with Gasteiger partial charge >= 0.3 is 0 Å². The molecule has 0 radical (unpaired) electrons. The Hall–Kier alpha value is -1.06. The van der Waals surface area contributed by atoms with Gasteiger partial charge in [0.1, 0.15) is 5.75 Å². The highest BCUT2D eigenvalue weighted by Crippen LogP contribution is 2.45. The van der Waals surface area contributed by atoms with Crippen LogP contribution in [0.25, 0.3) is 0 Å². The molecule has 1 aliphatic carbocycles. The first-order valence-electron chi connectivity index (χ1n) is 6.23. The second-order valence-corrected chi connectivity index (χ2v) is 5.17. The van der Waals surface area contributed by atoms with Crippen molar-refractivity contribution in [2.45, 2.75) is 45.2 Å². The van der Waals surface area contributed by atoms with Crippen LogP contribution in [-0.2, 0) is 0 Å². The number of rotatable bonds is 3. The van der Waals surface area contributed by atoms with Gasteiger partial charge in [-0.25, -0.2) is 0 Å². The van der Waals surface area contributed by atoms with Gasteiger partial charge in [-0.3, -0.25) is 0 Å². The Labute approximate surface area is 102 Å². The number of hydrogen-bond donors (Lipinski definition) is 3. The molecule has 0 amide bonds. The van der Waals surface area contributed by atoms with Crippen LogP contribution >= 0.6 is 0 Å². The van der Waals surface area contributed by atoms with E-state index >= 15 is 0 Å². The molecule has 0 spiro atoms. The Balaban J connectivity index is 2.36. The van der Waals surface area contributed by atoms with E-state index in [2.05, 4.69) is 19.2 Å². The van der Waals surface area contributed by atoms with Crippen molar-refractivity contribution in [1.82, 2.24) is 5.32 Å². The van der Waals surface area contributed by atoms with Crippen molar-refractivity contribution in [3.05, 3.63) is 28.8 Å². The van der Waals surface area contributed by atoms with Crippen LogP contribution in [0.15, 0.2) is 12.1 Å². The van der Waals surface area contributed by atoms with Gasteiger partial charge in [0.25, 0.3) is 0 Å². The Bertz CT molecular complexity index is 417. The Morgan fingerprint density at radius 3 is 2.76 bits per heavy atom. The van der Waals surface area contributed by atoms with Crippen molar-refractivity contribution in [3.8, 4) is 5.75 Å².